The van der Waals surface area contributed by atoms with Gasteiger partial charge in [0, 0.05) is 33.0 Å². The van der Waals surface area contributed by atoms with Crippen molar-refractivity contribution in [2.75, 3.05) is 40.4 Å². The second kappa shape index (κ2) is 6.69. The number of methoxy groups -OCH3 is 2. The summed E-state index contributed by atoms with van der Waals surface area (Å²) in [4.78, 5) is 0. The predicted octanol–water partition coefficient (Wildman–Crippen LogP) is -0.590. The summed E-state index contributed by atoms with van der Waals surface area (Å²) >= 11 is 0. The fourth-order valence-corrected chi connectivity index (χ4v) is 3.86. The van der Waals surface area contributed by atoms with Crippen molar-refractivity contribution in [1.29, 1.82) is 0 Å². The van der Waals surface area contributed by atoms with Gasteiger partial charge in [0.2, 0.25) is 5.79 Å². The quantitative estimate of drug-likeness (QED) is 0.370. The molecule has 0 saturated carbocycles. The van der Waals surface area contributed by atoms with Gasteiger partial charge in [-0.25, -0.2) is 0 Å². The number of piperidine rings is 3. The lowest BCUT2D eigenvalue weighted by Gasteiger charge is -2.56. The molecule has 0 aromatic carbocycles. The highest BCUT2D eigenvalue weighted by Gasteiger charge is 2.56. The van der Waals surface area contributed by atoms with E-state index in [1.165, 1.54) is 56.2 Å². The first-order valence-electron chi connectivity index (χ1n) is 7.16. The van der Waals surface area contributed by atoms with Gasteiger partial charge in [0.15, 0.2) is 0 Å². The number of hydrogen-bond acceptors (Lipinski definition) is 2. The van der Waals surface area contributed by atoms with Gasteiger partial charge < -0.3 is 30.9 Å². The van der Waals surface area contributed by atoms with Crippen LogP contribution in [0.1, 0.15) is 39.0 Å². The maximum atomic E-state index is 5.76. The maximum Gasteiger partial charge on any atom is 0.221 e. The normalized spacial score (nSPS) is 33.2. The van der Waals surface area contributed by atoms with Gasteiger partial charge in [0.25, 0.3) is 0 Å². The third-order valence-corrected chi connectivity index (χ3v) is 5.01. The Kier molecular flexibility index (Phi) is 6.10. The van der Waals surface area contributed by atoms with Crippen LogP contribution in [-0.2, 0) is 9.47 Å². The average molecular weight is 322 g/mol. The third-order valence-electron chi connectivity index (χ3n) is 5.01. The van der Waals surface area contributed by atoms with Gasteiger partial charge in [0.1, 0.15) is 6.54 Å². The van der Waals surface area contributed by atoms with Gasteiger partial charge in [-0.3, -0.25) is 0 Å². The zero-order valence-electron chi connectivity index (χ0n) is 12.1. The molecule has 0 aromatic rings. The van der Waals surface area contributed by atoms with E-state index in [2.05, 4.69) is 6.92 Å². The first-order chi connectivity index (χ1) is 8.20. The lowest BCUT2D eigenvalue weighted by Crippen LogP contribution is -3.00. The van der Waals surface area contributed by atoms with E-state index in [0.29, 0.717) is 5.92 Å². The number of halogens is 1. The van der Waals surface area contributed by atoms with Crippen LogP contribution in [0, 0.1) is 5.92 Å². The third kappa shape index (κ3) is 2.92. The topological polar surface area (TPSA) is 18.5 Å². The number of quaternary nitrogens is 1. The molecule has 0 unspecified atom stereocenters. The largest absolute Gasteiger partial charge is 1.00 e. The van der Waals surface area contributed by atoms with Crippen LogP contribution in [0.3, 0.4) is 0 Å². The van der Waals surface area contributed by atoms with Crippen LogP contribution in [0.5, 0.6) is 0 Å². The molecule has 0 N–H and O–H groups in total. The molecular weight excluding hydrogens is 294 g/mol. The molecule has 4 heteroatoms. The fraction of sp³-hybridized carbons (Fsp3) is 1.00. The van der Waals surface area contributed by atoms with Gasteiger partial charge in [-0.2, -0.15) is 0 Å². The molecule has 0 aliphatic carbocycles. The zero-order valence-corrected chi connectivity index (χ0v) is 13.7. The fourth-order valence-electron chi connectivity index (χ4n) is 3.86. The Hall–Kier alpha value is 0.360. The Balaban J connectivity index is 0.00000162. The highest BCUT2D eigenvalue weighted by molar-refractivity contribution is 4.87. The minimum Gasteiger partial charge on any atom is -1.00 e. The molecule has 0 aromatic heterocycles. The van der Waals surface area contributed by atoms with Crippen molar-refractivity contribution in [3.63, 3.8) is 0 Å². The monoisotopic (exact) mass is 321 g/mol. The Bertz CT molecular complexity index is 248. The summed E-state index contributed by atoms with van der Waals surface area (Å²) < 4.78 is 12.7. The SMILES string of the molecule is CCCCC[N+]12CCC(CC1)C(OC)(OC)C2.[Br-]. The lowest BCUT2D eigenvalue weighted by molar-refractivity contribution is -0.955. The van der Waals surface area contributed by atoms with E-state index in [4.69, 9.17) is 9.47 Å². The highest BCUT2D eigenvalue weighted by Crippen LogP contribution is 2.42. The first kappa shape index (κ1) is 16.4. The van der Waals surface area contributed by atoms with Crippen LogP contribution in [0.4, 0.5) is 0 Å². The number of ether oxygens (including phenoxy) is 2. The molecule has 3 heterocycles. The molecule has 18 heavy (non-hydrogen) atoms. The van der Waals surface area contributed by atoms with E-state index in [1.54, 1.807) is 0 Å². The van der Waals surface area contributed by atoms with E-state index in [9.17, 15) is 0 Å². The van der Waals surface area contributed by atoms with Crippen molar-refractivity contribution in [3.8, 4) is 0 Å². The first-order valence-corrected chi connectivity index (χ1v) is 7.16. The molecule has 2 bridgehead atoms. The van der Waals surface area contributed by atoms with Crippen molar-refractivity contribution in [1.82, 2.24) is 0 Å². The molecule has 3 aliphatic rings. The summed E-state index contributed by atoms with van der Waals surface area (Å²) in [5.74, 6) is 0.326. The standard InChI is InChI=1S/C14H28NO2.BrH/c1-4-5-6-9-15-10-7-13(8-11-15)14(12-15,16-2)17-3;/h13H,4-12H2,1-3H3;1H/q+1;/p-1. The van der Waals surface area contributed by atoms with Crippen LogP contribution in [0.15, 0.2) is 0 Å². The highest BCUT2D eigenvalue weighted by atomic mass is 79.9. The second-order valence-corrected chi connectivity index (χ2v) is 5.87. The minimum atomic E-state index is -0.289. The number of rotatable bonds is 6. The lowest BCUT2D eigenvalue weighted by atomic mass is 9.80. The number of nitrogens with zero attached hydrogens (tertiary/aromatic N) is 1. The van der Waals surface area contributed by atoms with E-state index in [1.807, 2.05) is 14.2 Å². The van der Waals surface area contributed by atoms with Crippen LogP contribution < -0.4 is 17.0 Å². The molecule has 0 radical (unpaired) electrons. The number of unbranched alkanes of at least 4 members (excludes halogenated alkanes) is 2. The van der Waals surface area contributed by atoms with E-state index in [0.717, 1.165) is 6.54 Å². The van der Waals surface area contributed by atoms with Gasteiger partial charge in [-0.15, -0.1) is 0 Å². The van der Waals surface area contributed by atoms with Crippen molar-refractivity contribution < 1.29 is 30.9 Å². The van der Waals surface area contributed by atoms with Gasteiger partial charge in [-0.05, 0) is 12.8 Å². The van der Waals surface area contributed by atoms with Crippen LogP contribution in [0.25, 0.3) is 0 Å². The Labute approximate surface area is 122 Å². The molecule has 0 atom stereocenters. The molecule has 3 rings (SSSR count). The summed E-state index contributed by atoms with van der Waals surface area (Å²) in [5.41, 5.74) is 0. The summed E-state index contributed by atoms with van der Waals surface area (Å²) in [5, 5.41) is 0. The molecule has 3 aliphatic heterocycles. The van der Waals surface area contributed by atoms with Crippen LogP contribution in [0.2, 0.25) is 0 Å². The average Bonchev–Trinajstić information content (AvgIpc) is 2.40. The molecule has 108 valence electrons. The Morgan fingerprint density at radius 3 is 2.22 bits per heavy atom. The number of fused-ring (bicyclic) bond motifs is 3. The van der Waals surface area contributed by atoms with Crippen molar-refractivity contribution in [2.45, 2.75) is 44.8 Å². The van der Waals surface area contributed by atoms with Crippen molar-refractivity contribution >= 4 is 0 Å². The van der Waals surface area contributed by atoms with E-state index < -0.39 is 0 Å². The minimum absolute atomic E-state index is 0. The smallest absolute Gasteiger partial charge is 0.221 e. The van der Waals surface area contributed by atoms with Crippen LogP contribution >= 0.6 is 0 Å². The van der Waals surface area contributed by atoms with Gasteiger partial charge in [-0.1, -0.05) is 13.3 Å². The summed E-state index contributed by atoms with van der Waals surface area (Å²) in [6.07, 6.45) is 6.56. The summed E-state index contributed by atoms with van der Waals surface area (Å²) in [6.45, 7) is 7.33. The van der Waals surface area contributed by atoms with Gasteiger partial charge >= 0.3 is 0 Å². The zero-order chi connectivity index (χ0) is 12.4. The maximum absolute atomic E-state index is 5.76. The molecule has 0 amide bonds. The van der Waals surface area contributed by atoms with Gasteiger partial charge in [0.05, 0.1) is 19.6 Å². The Morgan fingerprint density at radius 1 is 1.11 bits per heavy atom. The molecule has 3 fully saturated rings. The van der Waals surface area contributed by atoms with Crippen LogP contribution in [-0.4, -0.2) is 50.7 Å². The van der Waals surface area contributed by atoms with Crippen molar-refractivity contribution in [2.24, 2.45) is 5.92 Å². The molecule has 0 spiro atoms. The molecule has 3 nitrogen and oxygen atoms in total. The summed E-state index contributed by atoms with van der Waals surface area (Å²) in [7, 11) is 3.63. The number of hydrogen-bond donors (Lipinski definition) is 0. The summed E-state index contributed by atoms with van der Waals surface area (Å²) in [6, 6.07) is 0. The van der Waals surface area contributed by atoms with Crippen molar-refractivity contribution in [3.05, 3.63) is 0 Å². The molecular formula is C14H28BrNO2. The Morgan fingerprint density at radius 2 is 1.72 bits per heavy atom. The molecule has 3 saturated heterocycles. The van der Waals surface area contributed by atoms with E-state index >= 15 is 0 Å². The second-order valence-electron chi connectivity index (χ2n) is 5.87. The predicted molar refractivity (Wildman–Crippen MR) is 68.7 cm³/mol. The van der Waals surface area contributed by atoms with E-state index in [-0.39, 0.29) is 22.8 Å².